The quantitative estimate of drug-likeness (QED) is 0.714. The molecule has 1 aromatic rings. The van der Waals surface area contributed by atoms with Crippen molar-refractivity contribution < 1.29 is 9.53 Å². The molecule has 3 rings (SSSR count). The molecule has 0 aliphatic heterocycles. The Morgan fingerprint density at radius 1 is 1.19 bits per heavy atom. The summed E-state index contributed by atoms with van der Waals surface area (Å²) in [5, 5.41) is 0. The highest BCUT2D eigenvalue weighted by Crippen LogP contribution is 2.59. The van der Waals surface area contributed by atoms with Gasteiger partial charge in [0.05, 0.1) is 13.0 Å². The van der Waals surface area contributed by atoms with Crippen molar-refractivity contribution in [2.24, 2.45) is 11.3 Å². The van der Waals surface area contributed by atoms with Crippen molar-refractivity contribution in [1.82, 2.24) is 0 Å². The fourth-order valence-electron chi connectivity index (χ4n) is 5.07. The first-order valence-corrected chi connectivity index (χ1v) is 8.07. The lowest BCUT2D eigenvalue weighted by Crippen LogP contribution is -2.49. The Kier molecular flexibility index (Phi) is 3.38. The van der Waals surface area contributed by atoms with E-state index in [0.717, 1.165) is 6.42 Å². The van der Waals surface area contributed by atoms with Gasteiger partial charge in [0.15, 0.2) is 0 Å². The molecule has 0 heterocycles. The number of carbonyl (C=O) groups excluding carboxylic acids is 1. The van der Waals surface area contributed by atoms with E-state index in [-0.39, 0.29) is 22.7 Å². The number of carbonyl (C=O) groups is 1. The molecular formula is C19H26O2. The summed E-state index contributed by atoms with van der Waals surface area (Å²) in [6, 6.07) is 8.52. The maximum absolute atomic E-state index is 12.3. The van der Waals surface area contributed by atoms with Gasteiger partial charge < -0.3 is 4.74 Å². The minimum Gasteiger partial charge on any atom is -0.469 e. The highest BCUT2D eigenvalue weighted by atomic mass is 16.5. The summed E-state index contributed by atoms with van der Waals surface area (Å²) in [6.07, 6.45) is 4.68. The zero-order valence-electron chi connectivity index (χ0n) is 13.6. The van der Waals surface area contributed by atoms with Gasteiger partial charge in [-0.2, -0.15) is 0 Å². The van der Waals surface area contributed by atoms with E-state index in [2.05, 4.69) is 39.0 Å². The van der Waals surface area contributed by atoms with Crippen molar-refractivity contribution in [1.29, 1.82) is 0 Å². The zero-order valence-corrected chi connectivity index (χ0v) is 13.6. The van der Waals surface area contributed by atoms with E-state index in [0.29, 0.717) is 5.92 Å². The van der Waals surface area contributed by atoms with Gasteiger partial charge in [-0.15, -0.1) is 0 Å². The Hall–Kier alpha value is -1.31. The monoisotopic (exact) mass is 286 g/mol. The molecule has 0 saturated heterocycles. The molecule has 0 amide bonds. The molecule has 2 aliphatic rings. The summed E-state index contributed by atoms with van der Waals surface area (Å²) in [5.41, 5.74) is 3.06. The SMILES string of the molecule is COC(=O)C1C[C@@H]2C(C)(C)CCC[C@@]2(C)c2ccccc21. The number of methoxy groups -OCH3 is 1. The van der Waals surface area contributed by atoms with Crippen LogP contribution in [0.25, 0.3) is 0 Å². The van der Waals surface area contributed by atoms with E-state index in [1.165, 1.54) is 37.5 Å². The third-order valence-corrected chi connectivity index (χ3v) is 6.14. The van der Waals surface area contributed by atoms with E-state index in [1.54, 1.807) is 0 Å². The maximum atomic E-state index is 12.3. The Labute approximate surface area is 127 Å². The number of benzene rings is 1. The molecule has 1 aromatic carbocycles. The molecule has 1 fully saturated rings. The Morgan fingerprint density at radius 3 is 2.62 bits per heavy atom. The lowest BCUT2D eigenvalue weighted by atomic mass is 9.49. The van der Waals surface area contributed by atoms with Crippen molar-refractivity contribution in [3.05, 3.63) is 35.4 Å². The molecule has 0 aromatic heterocycles. The molecule has 1 saturated carbocycles. The fraction of sp³-hybridized carbons (Fsp3) is 0.632. The minimum absolute atomic E-state index is 0.0779. The number of hydrogen-bond acceptors (Lipinski definition) is 2. The Balaban J connectivity index is 2.15. The number of hydrogen-bond donors (Lipinski definition) is 0. The highest BCUT2D eigenvalue weighted by Gasteiger charge is 2.52. The van der Waals surface area contributed by atoms with Gasteiger partial charge in [0.1, 0.15) is 0 Å². The van der Waals surface area contributed by atoms with Crippen molar-refractivity contribution in [3.8, 4) is 0 Å². The van der Waals surface area contributed by atoms with E-state index < -0.39 is 0 Å². The standard InChI is InChI=1S/C19H26O2/c1-18(2)10-7-11-19(3)15-9-6-5-8-13(15)14(12-16(18)19)17(20)21-4/h5-6,8-9,14,16H,7,10-12H2,1-4H3/t14?,16-,19+/m1/s1. The molecular weight excluding hydrogens is 260 g/mol. The molecule has 2 aliphatic carbocycles. The molecule has 114 valence electrons. The summed E-state index contributed by atoms with van der Waals surface area (Å²) in [4.78, 5) is 12.3. The summed E-state index contributed by atoms with van der Waals surface area (Å²) < 4.78 is 5.09. The predicted molar refractivity (Wildman–Crippen MR) is 84.3 cm³/mol. The van der Waals surface area contributed by atoms with Crippen molar-refractivity contribution in [2.45, 2.75) is 57.8 Å². The molecule has 2 nitrogen and oxygen atoms in total. The van der Waals surface area contributed by atoms with E-state index in [9.17, 15) is 4.79 Å². The Bertz CT molecular complexity index is 560. The lowest BCUT2D eigenvalue weighted by Gasteiger charge is -2.55. The van der Waals surface area contributed by atoms with Gasteiger partial charge in [-0.05, 0) is 47.1 Å². The van der Waals surface area contributed by atoms with Crippen molar-refractivity contribution >= 4 is 5.97 Å². The van der Waals surface area contributed by atoms with Gasteiger partial charge in [0.25, 0.3) is 0 Å². The second-order valence-corrected chi connectivity index (χ2v) is 7.71. The average Bonchev–Trinajstić information content (AvgIpc) is 2.46. The van der Waals surface area contributed by atoms with Crippen LogP contribution >= 0.6 is 0 Å². The van der Waals surface area contributed by atoms with E-state index >= 15 is 0 Å². The molecule has 0 N–H and O–H groups in total. The minimum atomic E-state index is -0.0957. The van der Waals surface area contributed by atoms with Gasteiger partial charge in [0.2, 0.25) is 0 Å². The zero-order chi connectivity index (χ0) is 15.3. The van der Waals surface area contributed by atoms with Gasteiger partial charge in [0, 0.05) is 0 Å². The second kappa shape index (κ2) is 4.86. The van der Waals surface area contributed by atoms with Crippen LogP contribution in [0.2, 0.25) is 0 Å². The molecule has 2 heteroatoms. The molecule has 0 radical (unpaired) electrons. The highest BCUT2D eigenvalue weighted by molar-refractivity contribution is 5.79. The van der Waals surface area contributed by atoms with Crippen LogP contribution < -0.4 is 0 Å². The number of esters is 1. The molecule has 3 atom stereocenters. The van der Waals surface area contributed by atoms with Crippen LogP contribution in [0.3, 0.4) is 0 Å². The van der Waals surface area contributed by atoms with Gasteiger partial charge in [-0.3, -0.25) is 4.79 Å². The Morgan fingerprint density at radius 2 is 1.90 bits per heavy atom. The van der Waals surface area contributed by atoms with Crippen molar-refractivity contribution in [2.75, 3.05) is 7.11 Å². The second-order valence-electron chi connectivity index (χ2n) is 7.71. The first-order chi connectivity index (χ1) is 9.90. The van der Waals surface area contributed by atoms with Crippen LogP contribution in [0.4, 0.5) is 0 Å². The summed E-state index contributed by atoms with van der Waals surface area (Å²) in [6.45, 7) is 7.15. The van der Waals surface area contributed by atoms with Crippen molar-refractivity contribution in [3.63, 3.8) is 0 Å². The fourth-order valence-corrected chi connectivity index (χ4v) is 5.07. The predicted octanol–water partition coefficient (Wildman–Crippen LogP) is 4.43. The van der Waals surface area contributed by atoms with Crippen LogP contribution in [0.5, 0.6) is 0 Å². The van der Waals surface area contributed by atoms with Crippen LogP contribution in [0, 0.1) is 11.3 Å². The number of ether oxygens (including phenoxy) is 1. The van der Waals surface area contributed by atoms with Crippen LogP contribution in [-0.4, -0.2) is 13.1 Å². The smallest absolute Gasteiger partial charge is 0.313 e. The van der Waals surface area contributed by atoms with Gasteiger partial charge in [-0.1, -0.05) is 51.5 Å². The first-order valence-electron chi connectivity index (χ1n) is 8.07. The first kappa shape index (κ1) is 14.6. The normalized spacial score (nSPS) is 33.7. The summed E-state index contributed by atoms with van der Waals surface area (Å²) >= 11 is 0. The van der Waals surface area contributed by atoms with Crippen LogP contribution in [0.1, 0.15) is 63.5 Å². The molecule has 1 unspecified atom stereocenters. The average molecular weight is 286 g/mol. The summed E-state index contributed by atoms with van der Waals surface area (Å²) in [7, 11) is 1.50. The van der Waals surface area contributed by atoms with Crippen LogP contribution in [0.15, 0.2) is 24.3 Å². The lowest BCUT2D eigenvalue weighted by molar-refractivity contribution is -0.144. The molecule has 21 heavy (non-hydrogen) atoms. The van der Waals surface area contributed by atoms with Crippen LogP contribution in [-0.2, 0) is 14.9 Å². The van der Waals surface area contributed by atoms with Gasteiger partial charge in [-0.25, -0.2) is 0 Å². The molecule has 0 spiro atoms. The number of fused-ring (bicyclic) bond motifs is 3. The third-order valence-electron chi connectivity index (χ3n) is 6.14. The van der Waals surface area contributed by atoms with Gasteiger partial charge >= 0.3 is 5.97 Å². The number of rotatable bonds is 1. The van der Waals surface area contributed by atoms with E-state index in [1.807, 2.05) is 6.07 Å². The summed E-state index contributed by atoms with van der Waals surface area (Å²) in [5.74, 6) is 0.366. The maximum Gasteiger partial charge on any atom is 0.313 e. The third kappa shape index (κ3) is 2.11. The van der Waals surface area contributed by atoms with E-state index in [4.69, 9.17) is 4.74 Å². The topological polar surface area (TPSA) is 26.3 Å². The molecule has 0 bridgehead atoms. The largest absolute Gasteiger partial charge is 0.469 e.